The molecule has 2 rings (SSSR count). The minimum absolute atomic E-state index is 0.197. The maximum Gasteiger partial charge on any atom is 0.124 e. The topological polar surface area (TPSA) is 35.2 Å². The molecule has 0 aromatic heterocycles. The summed E-state index contributed by atoms with van der Waals surface area (Å²) in [6, 6.07) is 8.25. The van der Waals surface area contributed by atoms with Crippen molar-refractivity contribution in [2.45, 2.75) is 33.7 Å². The predicted octanol–water partition coefficient (Wildman–Crippen LogP) is 4.74. The van der Waals surface area contributed by atoms with Gasteiger partial charge in [-0.1, -0.05) is 33.6 Å². The first-order valence-corrected chi connectivity index (χ1v) is 7.81. The van der Waals surface area contributed by atoms with E-state index in [9.17, 15) is 0 Å². The van der Waals surface area contributed by atoms with Gasteiger partial charge in [-0.15, -0.1) is 0 Å². The van der Waals surface area contributed by atoms with Crippen LogP contribution in [0.5, 0.6) is 5.75 Å². The van der Waals surface area contributed by atoms with Gasteiger partial charge in [-0.2, -0.15) is 0 Å². The third-order valence-corrected chi connectivity index (χ3v) is 4.75. The Morgan fingerprint density at radius 3 is 2.05 bits per heavy atom. The van der Waals surface area contributed by atoms with Crippen LogP contribution in [0.25, 0.3) is 0 Å². The molecule has 0 amide bonds. The van der Waals surface area contributed by atoms with Crippen LogP contribution < -0.4 is 10.5 Å². The molecule has 0 aliphatic carbocycles. The summed E-state index contributed by atoms with van der Waals surface area (Å²) in [4.78, 5) is 0. The zero-order chi connectivity index (χ0) is 15.7. The summed E-state index contributed by atoms with van der Waals surface area (Å²) in [6.45, 7) is 8.39. The van der Waals surface area contributed by atoms with Crippen molar-refractivity contribution in [3.63, 3.8) is 0 Å². The fraction of sp³-hybridized carbons (Fsp3) is 0.333. The molecule has 0 heterocycles. The molecule has 1 atom stereocenters. The fourth-order valence-corrected chi connectivity index (χ4v) is 3.29. The number of halogens is 1. The Bertz CT molecular complexity index is 656. The van der Waals surface area contributed by atoms with Crippen molar-refractivity contribution < 1.29 is 4.74 Å². The molecule has 3 heteroatoms. The summed E-state index contributed by atoms with van der Waals surface area (Å²) in [5, 5.41) is 0. The van der Waals surface area contributed by atoms with Crippen LogP contribution in [0, 0.1) is 27.7 Å². The molecular weight excluding hydrogens is 326 g/mol. The van der Waals surface area contributed by atoms with E-state index in [2.05, 4.69) is 54.9 Å². The molecule has 2 N–H and O–H groups in total. The molecule has 0 saturated carbocycles. The van der Waals surface area contributed by atoms with Crippen LogP contribution in [0.2, 0.25) is 0 Å². The lowest BCUT2D eigenvalue weighted by Crippen LogP contribution is -2.16. The zero-order valence-electron chi connectivity index (χ0n) is 13.3. The second kappa shape index (κ2) is 6.20. The van der Waals surface area contributed by atoms with Crippen LogP contribution >= 0.6 is 15.9 Å². The average Bonchev–Trinajstić information content (AvgIpc) is 2.39. The predicted molar refractivity (Wildman–Crippen MR) is 92.1 cm³/mol. The largest absolute Gasteiger partial charge is 0.496 e. The van der Waals surface area contributed by atoms with Gasteiger partial charge in [0.2, 0.25) is 0 Å². The zero-order valence-corrected chi connectivity index (χ0v) is 14.8. The number of benzene rings is 2. The van der Waals surface area contributed by atoms with E-state index in [0.717, 1.165) is 21.3 Å². The molecule has 1 unspecified atom stereocenters. The van der Waals surface area contributed by atoms with Gasteiger partial charge in [0.05, 0.1) is 13.2 Å². The van der Waals surface area contributed by atoms with E-state index in [0.29, 0.717) is 0 Å². The maximum absolute atomic E-state index is 6.56. The van der Waals surface area contributed by atoms with E-state index in [1.54, 1.807) is 7.11 Å². The summed E-state index contributed by atoms with van der Waals surface area (Å²) >= 11 is 3.59. The van der Waals surface area contributed by atoms with Gasteiger partial charge in [0.1, 0.15) is 5.75 Å². The van der Waals surface area contributed by atoms with Gasteiger partial charge in [-0.3, -0.25) is 0 Å². The van der Waals surface area contributed by atoms with Crippen LogP contribution in [-0.2, 0) is 0 Å². The van der Waals surface area contributed by atoms with Gasteiger partial charge in [-0.25, -0.2) is 0 Å². The van der Waals surface area contributed by atoms with Crippen molar-refractivity contribution in [2.24, 2.45) is 5.73 Å². The van der Waals surface area contributed by atoms with Crippen LogP contribution in [0.4, 0.5) is 0 Å². The Kier molecular flexibility index (Phi) is 4.74. The number of aryl methyl sites for hydroxylation is 4. The lowest BCUT2D eigenvalue weighted by molar-refractivity contribution is 0.407. The molecular formula is C18H22BrNO. The quantitative estimate of drug-likeness (QED) is 0.870. The molecule has 0 saturated heterocycles. The Hall–Kier alpha value is -1.32. The first-order chi connectivity index (χ1) is 9.85. The maximum atomic E-state index is 6.56. The molecule has 112 valence electrons. The van der Waals surface area contributed by atoms with Crippen molar-refractivity contribution in [2.75, 3.05) is 7.11 Å². The van der Waals surface area contributed by atoms with Gasteiger partial charge >= 0.3 is 0 Å². The highest BCUT2D eigenvalue weighted by Crippen LogP contribution is 2.35. The Balaban J connectivity index is 2.60. The van der Waals surface area contributed by atoms with E-state index in [4.69, 9.17) is 10.5 Å². The molecule has 2 aromatic rings. The van der Waals surface area contributed by atoms with E-state index >= 15 is 0 Å². The second-order valence-corrected chi connectivity index (χ2v) is 6.49. The number of rotatable bonds is 3. The van der Waals surface area contributed by atoms with Crippen LogP contribution in [0.1, 0.15) is 39.4 Å². The highest BCUT2D eigenvalue weighted by Gasteiger charge is 2.19. The lowest BCUT2D eigenvalue weighted by atomic mass is 9.90. The van der Waals surface area contributed by atoms with Crippen LogP contribution in [-0.4, -0.2) is 7.11 Å². The van der Waals surface area contributed by atoms with Crippen molar-refractivity contribution in [3.05, 3.63) is 62.1 Å². The van der Waals surface area contributed by atoms with Gasteiger partial charge in [0.25, 0.3) is 0 Å². The Labute approximate surface area is 135 Å². The minimum atomic E-state index is -0.197. The Morgan fingerprint density at radius 1 is 0.952 bits per heavy atom. The smallest absolute Gasteiger partial charge is 0.124 e. The van der Waals surface area contributed by atoms with E-state index in [1.165, 1.54) is 22.3 Å². The van der Waals surface area contributed by atoms with Crippen molar-refractivity contribution in [3.8, 4) is 5.75 Å². The number of hydrogen-bond acceptors (Lipinski definition) is 2. The summed E-state index contributed by atoms with van der Waals surface area (Å²) in [5.74, 6) is 0.836. The normalized spacial score (nSPS) is 12.3. The molecule has 0 bridgehead atoms. The van der Waals surface area contributed by atoms with Crippen LogP contribution in [0.15, 0.2) is 28.7 Å². The summed E-state index contributed by atoms with van der Waals surface area (Å²) < 4.78 is 6.58. The SMILES string of the molecule is COc1cc(C)c(Br)cc1C(N)c1c(C)cc(C)cc1C. The molecule has 0 spiro atoms. The summed E-state index contributed by atoms with van der Waals surface area (Å²) in [7, 11) is 1.69. The third kappa shape index (κ3) is 3.14. The third-order valence-electron chi connectivity index (χ3n) is 3.90. The van der Waals surface area contributed by atoms with Crippen molar-refractivity contribution in [1.29, 1.82) is 0 Å². The van der Waals surface area contributed by atoms with Gasteiger partial charge in [0, 0.05) is 10.0 Å². The van der Waals surface area contributed by atoms with E-state index in [1.807, 2.05) is 13.0 Å². The monoisotopic (exact) mass is 347 g/mol. The average molecular weight is 348 g/mol. The summed E-state index contributed by atoms with van der Waals surface area (Å²) in [6.07, 6.45) is 0. The number of ether oxygens (including phenoxy) is 1. The first kappa shape index (κ1) is 16.1. The van der Waals surface area contributed by atoms with Crippen LogP contribution in [0.3, 0.4) is 0 Å². The fourth-order valence-electron chi connectivity index (χ4n) is 2.93. The molecule has 0 radical (unpaired) electrons. The molecule has 21 heavy (non-hydrogen) atoms. The minimum Gasteiger partial charge on any atom is -0.496 e. The summed E-state index contributed by atoms with van der Waals surface area (Å²) in [5.41, 5.74) is 13.6. The van der Waals surface area contributed by atoms with E-state index < -0.39 is 0 Å². The standard InChI is InChI=1S/C18H22BrNO/c1-10-6-12(3)17(13(4)7-10)18(20)14-9-15(19)11(2)8-16(14)21-5/h6-9,18H,20H2,1-5H3. The second-order valence-electron chi connectivity index (χ2n) is 5.63. The lowest BCUT2D eigenvalue weighted by Gasteiger charge is -2.21. The molecule has 0 fully saturated rings. The number of nitrogens with two attached hydrogens (primary N) is 1. The number of hydrogen-bond donors (Lipinski definition) is 1. The molecule has 0 aliphatic rings. The molecule has 2 aromatic carbocycles. The van der Waals surface area contributed by atoms with E-state index in [-0.39, 0.29) is 6.04 Å². The van der Waals surface area contributed by atoms with Gasteiger partial charge in [0.15, 0.2) is 0 Å². The molecule has 0 aliphatic heterocycles. The Morgan fingerprint density at radius 2 is 1.52 bits per heavy atom. The highest BCUT2D eigenvalue weighted by molar-refractivity contribution is 9.10. The van der Waals surface area contributed by atoms with Gasteiger partial charge in [-0.05, 0) is 62.1 Å². The van der Waals surface area contributed by atoms with Gasteiger partial charge < -0.3 is 10.5 Å². The number of methoxy groups -OCH3 is 1. The highest BCUT2D eigenvalue weighted by atomic mass is 79.9. The first-order valence-electron chi connectivity index (χ1n) is 7.02. The molecule has 2 nitrogen and oxygen atoms in total. The van der Waals surface area contributed by atoms with Crippen molar-refractivity contribution in [1.82, 2.24) is 0 Å². The van der Waals surface area contributed by atoms with Crippen molar-refractivity contribution >= 4 is 15.9 Å².